The highest BCUT2D eigenvalue weighted by molar-refractivity contribution is 6.30. The van der Waals surface area contributed by atoms with Crippen molar-refractivity contribution in [2.45, 2.75) is 19.9 Å². The SMILES string of the molecule is CC(C)C(NC(=O)COCCN)c1ccc(Cl)cc1. The minimum Gasteiger partial charge on any atom is -0.370 e. The molecule has 106 valence electrons. The zero-order valence-electron chi connectivity index (χ0n) is 11.4. The predicted octanol–water partition coefficient (Wildman–Crippen LogP) is 2.13. The number of halogens is 1. The Balaban J connectivity index is 2.63. The Kier molecular flexibility index (Phi) is 6.84. The minimum absolute atomic E-state index is 0.0357. The van der Waals surface area contributed by atoms with Crippen LogP contribution in [0.15, 0.2) is 24.3 Å². The molecule has 0 fully saturated rings. The number of rotatable bonds is 7. The van der Waals surface area contributed by atoms with Crippen molar-refractivity contribution in [1.29, 1.82) is 0 Å². The first kappa shape index (κ1) is 16.0. The van der Waals surface area contributed by atoms with E-state index in [1.807, 2.05) is 24.3 Å². The van der Waals surface area contributed by atoms with Crippen LogP contribution < -0.4 is 11.1 Å². The van der Waals surface area contributed by atoms with Crippen LogP contribution in [0.2, 0.25) is 5.02 Å². The van der Waals surface area contributed by atoms with Crippen LogP contribution in [-0.4, -0.2) is 25.7 Å². The normalized spacial score (nSPS) is 12.5. The van der Waals surface area contributed by atoms with Gasteiger partial charge in [-0.05, 0) is 23.6 Å². The summed E-state index contributed by atoms with van der Waals surface area (Å²) in [6, 6.07) is 7.45. The number of hydrogen-bond donors (Lipinski definition) is 2. The van der Waals surface area contributed by atoms with Gasteiger partial charge in [-0.25, -0.2) is 0 Å². The largest absolute Gasteiger partial charge is 0.370 e. The second kappa shape index (κ2) is 8.15. The molecule has 0 aliphatic heterocycles. The summed E-state index contributed by atoms with van der Waals surface area (Å²) in [5.74, 6) is 0.140. The molecule has 1 aromatic carbocycles. The zero-order valence-corrected chi connectivity index (χ0v) is 12.1. The van der Waals surface area contributed by atoms with Gasteiger partial charge in [0, 0.05) is 11.6 Å². The Hall–Kier alpha value is -1.10. The predicted molar refractivity (Wildman–Crippen MR) is 77.0 cm³/mol. The Labute approximate surface area is 119 Å². The summed E-state index contributed by atoms with van der Waals surface area (Å²) in [6.45, 7) is 4.95. The van der Waals surface area contributed by atoms with Gasteiger partial charge in [0.15, 0.2) is 0 Å². The molecule has 19 heavy (non-hydrogen) atoms. The van der Waals surface area contributed by atoms with Gasteiger partial charge in [0.1, 0.15) is 6.61 Å². The van der Waals surface area contributed by atoms with Crippen molar-refractivity contribution in [3.8, 4) is 0 Å². The van der Waals surface area contributed by atoms with E-state index in [4.69, 9.17) is 22.1 Å². The number of benzene rings is 1. The van der Waals surface area contributed by atoms with E-state index >= 15 is 0 Å². The molecule has 5 heteroatoms. The average molecular weight is 285 g/mol. The topological polar surface area (TPSA) is 64.3 Å². The number of carbonyl (C=O) groups excluding carboxylic acids is 1. The van der Waals surface area contributed by atoms with Crippen molar-refractivity contribution < 1.29 is 9.53 Å². The molecule has 0 aromatic heterocycles. The average Bonchev–Trinajstić information content (AvgIpc) is 2.37. The third-order valence-electron chi connectivity index (χ3n) is 2.71. The highest BCUT2D eigenvalue weighted by atomic mass is 35.5. The van der Waals surface area contributed by atoms with Crippen LogP contribution in [0.1, 0.15) is 25.5 Å². The molecule has 3 N–H and O–H groups in total. The van der Waals surface area contributed by atoms with Crippen molar-refractivity contribution in [3.63, 3.8) is 0 Å². The van der Waals surface area contributed by atoms with Crippen LogP contribution in [0.25, 0.3) is 0 Å². The molecular formula is C14H21ClN2O2. The highest BCUT2D eigenvalue weighted by Crippen LogP contribution is 2.23. The second-order valence-electron chi connectivity index (χ2n) is 4.68. The quantitative estimate of drug-likeness (QED) is 0.754. The van der Waals surface area contributed by atoms with E-state index in [0.29, 0.717) is 18.2 Å². The summed E-state index contributed by atoms with van der Waals surface area (Å²) >= 11 is 5.87. The number of nitrogens with two attached hydrogens (primary N) is 1. The van der Waals surface area contributed by atoms with Gasteiger partial charge in [0.05, 0.1) is 12.6 Å². The van der Waals surface area contributed by atoms with Crippen LogP contribution in [0.3, 0.4) is 0 Å². The first-order valence-electron chi connectivity index (χ1n) is 6.37. The standard InChI is InChI=1S/C14H21ClN2O2/c1-10(2)14(11-3-5-12(15)6-4-11)17-13(18)9-19-8-7-16/h3-6,10,14H,7-9,16H2,1-2H3,(H,17,18). The van der Waals surface area contributed by atoms with E-state index in [2.05, 4.69) is 19.2 Å². The molecule has 0 aliphatic rings. The molecular weight excluding hydrogens is 264 g/mol. The zero-order chi connectivity index (χ0) is 14.3. The summed E-state index contributed by atoms with van der Waals surface area (Å²) in [5.41, 5.74) is 6.33. The molecule has 4 nitrogen and oxygen atoms in total. The molecule has 1 atom stereocenters. The fourth-order valence-electron chi connectivity index (χ4n) is 1.77. The number of amides is 1. The Morgan fingerprint density at radius 1 is 1.37 bits per heavy atom. The third kappa shape index (κ3) is 5.59. The maximum absolute atomic E-state index is 11.8. The highest BCUT2D eigenvalue weighted by Gasteiger charge is 2.18. The van der Waals surface area contributed by atoms with Gasteiger partial charge < -0.3 is 15.8 Å². The van der Waals surface area contributed by atoms with Crippen molar-refractivity contribution in [1.82, 2.24) is 5.32 Å². The number of nitrogens with one attached hydrogen (secondary N) is 1. The van der Waals surface area contributed by atoms with Crippen LogP contribution in [0.5, 0.6) is 0 Å². The maximum atomic E-state index is 11.8. The van der Waals surface area contributed by atoms with Crippen LogP contribution in [0, 0.1) is 5.92 Å². The third-order valence-corrected chi connectivity index (χ3v) is 2.96. The van der Waals surface area contributed by atoms with Gasteiger partial charge in [0.25, 0.3) is 0 Å². The number of hydrogen-bond acceptors (Lipinski definition) is 3. The molecule has 0 bridgehead atoms. The van der Waals surface area contributed by atoms with Gasteiger partial charge in [-0.2, -0.15) is 0 Å². The molecule has 1 amide bonds. The maximum Gasteiger partial charge on any atom is 0.246 e. The lowest BCUT2D eigenvalue weighted by atomic mass is 9.96. The smallest absolute Gasteiger partial charge is 0.246 e. The second-order valence-corrected chi connectivity index (χ2v) is 5.12. The fourth-order valence-corrected chi connectivity index (χ4v) is 1.89. The molecule has 0 spiro atoms. The summed E-state index contributed by atoms with van der Waals surface area (Å²) in [5, 5.41) is 3.65. The molecule has 1 aromatic rings. The van der Waals surface area contributed by atoms with Crippen LogP contribution in [0.4, 0.5) is 0 Å². The van der Waals surface area contributed by atoms with E-state index in [-0.39, 0.29) is 24.5 Å². The number of carbonyl (C=O) groups is 1. The molecule has 0 radical (unpaired) electrons. The monoisotopic (exact) mass is 284 g/mol. The lowest BCUT2D eigenvalue weighted by Crippen LogP contribution is -2.34. The molecule has 1 unspecified atom stereocenters. The van der Waals surface area contributed by atoms with Gasteiger partial charge in [-0.1, -0.05) is 37.6 Å². The van der Waals surface area contributed by atoms with Crippen molar-refractivity contribution in [2.24, 2.45) is 11.7 Å². The van der Waals surface area contributed by atoms with Crippen molar-refractivity contribution in [2.75, 3.05) is 19.8 Å². The van der Waals surface area contributed by atoms with Gasteiger partial charge in [0.2, 0.25) is 5.91 Å². The first-order valence-corrected chi connectivity index (χ1v) is 6.75. The summed E-state index contributed by atoms with van der Waals surface area (Å²) < 4.78 is 5.12. The molecule has 0 aliphatic carbocycles. The van der Waals surface area contributed by atoms with Gasteiger partial charge in [-0.15, -0.1) is 0 Å². The van der Waals surface area contributed by atoms with Crippen LogP contribution >= 0.6 is 11.6 Å². The molecule has 0 saturated carbocycles. The van der Waals surface area contributed by atoms with E-state index in [9.17, 15) is 4.79 Å². The van der Waals surface area contributed by atoms with Gasteiger partial charge >= 0.3 is 0 Å². The Morgan fingerprint density at radius 3 is 2.53 bits per heavy atom. The van der Waals surface area contributed by atoms with Gasteiger partial charge in [-0.3, -0.25) is 4.79 Å². The van der Waals surface area contributed by atoms with E-state index in [0.717, 1.165) is 5.56 Å². The molecule has 1 rings (SSSR count). The Bertz CT molecular complexity index is 393. The molecule has 0 saturated heterocycles. The van der Waals surface area contributed by atoms with Crippen LogP contribution in [-0.2, 0) is 9.53 Å². The summed E-state index contributed by atoms with van der Waals surface area (Å²) in [6.07, 6.45) is 0. The van der Waals surface area contributed by atoms with Crippen molar-refractivity contribution >= 4 is 17.5 Å². The fraction of sp³-hybridized carbons (Fsp3) is 0.500. The van der Waals surface area contributed by atoms with E-state index in [1.54, 1.807) is 0 Å². The first-order chi connectivity index (χ1) is 9.04. The minimum atomic E-state index is -0.137. The summed E-state index contributed by atoms with van der Waals surface area (Å²) in [7, 11) is 0. The number of ether oxygens (including phenoxy) is 1. The van der Waals surface area contributed by atoms with Crippen molar-refractivity contribution in [3.05, 3.63) is 34.9 Å². The molecule has 0 heterocycles. The van der Waals surface area contributed by atoms with E-state index < -0.39 is 0 Å². The lowest BCUT2D eigenvalue weighted by molar-refractivity contribution is -0.126. The summed E-state index contributed by atoms with van der Waals surface area (Å²) in [4.78, 5) is 11.8. The van der Waals surface area contributed by atoms with E-state index in [1.165, 1.54) is 0 Å². The Morgan fingerprint density at radius 2 is 2.00 bits per heavy atom. The lowest BCUT2D eigenvalue weighted by Gasteiger charge is -2.23.